The van der Waals surface area contributed by atoms with Crippen molar-refractivity contribution in [3.63, 3.8) is 0 Å². The number of aromatic nitrogens is 4. The minimum Gasteiger partial charge on any atom is -0.370 e. The lowest BCUT2D eigenvalue weighted by Gasteiger charge is -1.97. The first-order valence-corrected chi connectivity index (χ1v) is 4.93. The van der Waals surface area contributed by atoms with Crippen LogP contribution in [0.2, 0.25) is 0 Å². The fourth-order valence-corrected chi connectivity index (χ4v) is 1.26. The Morgan fingerprint density at radius 1 is 1.11 bits per heavy atom. The Bertz CT molecular complexity index is 563. The van der Waals surface area contributed by atoms with Crippen molar-refractivity contribution in [3.05, 3.63) is 24.3 Å². The predicted octanol–water partition coefficient (Wildman–Crippen LogP) is -0.914. The molecule has 0 spiro atoms. The molecule has 1 heterocycles. The fraction of sp³-hybridized carbons (Fsp3) is 0. The third kappa shape index (κ3) is 2.78. The molecule has 92 valence electrons. The average Bonchev–Trinajstić information content (AvgIpc) is 2.82. The third-order valence-electron chi connectivity index (χ3n) is 1.96. The SMILES string of the molecule is NC(N)=NC(N)=Nc1ccc(-c2nn[nH]n2)cc1. The number of guanidine groups is 2. The van der Waals surface area contributed by atoms with E-state index in [1.807, 2.05) is 0 Å². The largest absolute Gasteiger partial charge is 0.370 e. The predicted molar refractivity (Wildman–Crippen MR) is 66.7 cm³/mol. The molecule has 7 N–H and O–H groups in total. The van der Waals surface area contributed by atoms with E-state index in [4.69, 9.17) is 17.2 Å². The fourth-order valence-electron chi connectivity index (χ4n) is 1.26. The van der Waals surface area contributed by atoms with Gasteiger partial charge in [0.25, 0.3) is 0 Å². The zero-order valence-corrected chi connectivity index (χ0v) is 9.28. The summed E-state index contributed by atoms with van der Waals surface area (Å²) >= 11 is 0. The second-order valence-electron chi connectivity index (χ2n) is 3.29. The second-order valence-corrected chi connectivity index (χ2v) is 3.29. The van der Waals surface area contributed by atoms with Gasteiger partial charge in [-0.15, -0.1) is 10.2 Å². The number of H-pyrrole nitrogens is 1. The number of nitrogens with one attached hydrogen (secondary N) is 1. The molecule has 2 rings (SSSR count). The van der Waals surface area contributed by atoms with Gasteiger partial charge in [0.2, 0.25) is 11.8 Å². The molecule has 0 unspecified atom stereocenters. The van der Waals surface area contributed by atoms with Crippen LogP contribution in [0.25, 0.3) is 11.4 Å². The van der Waals surface area contributed by atoms with Gasteiger partial charge in [0.1, 0.15) is 0 Å². The quantitative estimate of drug-likeness (QED) is 0.396. The molecule has 1 aromatic carbocycles. The molecule has 0 saturated heterocycles. The van der Waals surface area contributed by atoms with Crippen molar-refractivity contribution < 1.29 is 0 Å². The van der Waals surface area contributed by atoms with Gasteiger partial charge < -0.3 is 17.2 Å². The summed E-state index contributed by atoms with van der Waals surface area (Å²) in [4.78, 5) is 7.61. The molecule has 0 atom stereocenters. The van der Waals surface area contributed by atoms with Crippen molar-refractivity contribution in [2.75, 3.05) is 0 Å². The first-order chi connectivity index (χ1) is 8.65. The lowest BCUT2D eigenvalue weighted by atomic mass is 10.2. The van der Waals surface area contributed by atoms with Crippen LogP contribution in [-0.4, -0.2) is 32.5 Å². The number of nitrogens with two attached hydrogens (primary N) is 3. The summed E-state index contributed by atoms with van der Waals surface area (Å²) < 4.78 is 0. The summed E-state index contributed by atoms with van der Waals surface area (Å²) in [7, 11) is 0. The van der Waals surface area contributed by atoms with E-state index in [9.17, 15) is 0 Å². The number of hydrogen-bond donors (Lipinski definition) is 4. The summed E-state index contributed by atoms with van der Waals surface area (Å²) in [5.41, 5.74) is 17.3. The zero-order chi connectivity index (χ0) is 13.0. The van der Waals surface area contributed by atoms with Crippen LogP contribution in [-0.2, 0) is 0 Å². The lowest BCUT2D eigenvalue weighted by Crippen LogP contribution is -2.26. The van der Waals surface area contributed by atoms with Crippen LogP contribution in [0.4, 0.5) is 5.69 Å². The van der Waals surface area contributed by atoms with E-state index < -0.39 is 0 Å². The topological polar surface area (TPSA) is 157 Å². The molecule has 0 bridgehead atoms. The molecular weight excluding hydrogens is 234 g/mol. The number of benzene rings is 1. The van der Waals surface area contributed by atoms with E-state index in [1.165, 1.54) is 0 Å². The number of rotatable bonds is 2. The van der Waals surface area contributed by atoms with Crippen molar-refractivity contribution in [2.24, 2.45) is 27.2 Å². The Labute approximate surface area is 102 Å². The van der Waals surface area contributed by atoms with E-state index in [1.54, 1.807) is 24.3 Å². The van der Waals surface area contributed by atoms with Crippen LogP contribution < -0.4 is 17.2 Å². The molecule has 9 heteroatoms. The molecule has 0 amide bonds. The molecule has 0 saturated carbocycles. The van der Waals surface area contributed by atoms with Gasteiger partial charge in [-0.3, -0.25) is 0 Å². The lowest BCUT2D eigenvalue weighted by molar-refractivity contribution is 0.881. The van der Waals surface area contributed by atoms with Gasteiger partial charge in [-0.2, -0.15) is 10.2 Å². The molecular formula is C9H11N9. The first-order valence-electron chi connectivity index (χ1n) is 4.93. The summed E-state index contributed by atoms with van der Waals surface area (Å²) in [6.45, 7) is 0. The van der Waals surface area contributed by atoms with Crippen LogP contribution in [0.5, 0.6) is 0 Å². The number of hydrogen-bond acceptors (Lipinski definition) is 4. The number of aliphatic imine (C=N–C) groups is 2. The smallest absolute Gasteiger partial charge is 0.223 e. The second kappa shape index (κ2) is 4.91. The van der Waals surface area contributed by atoms with Gasteiger partial charge in [0.15, 0.2) is 5.96 Å². The van der Waals surface area contributed by atoms with Gasteiger partial charge in [0, 0.05) is 5.56 Å². The Balaban J connectivity index is 2.21. The molecule has 9 nitrogen and oxygen atoms in total. The highest BCUT2D eigenvalue weighted by molar-refractivity contribution is 5.93. The monoisotopic (exact) mass is 245 g/mol. The molecule has 2 aromatic rings. The van der Waals surface area contributed by atoms with Crippen LogP contribution in [0.1, 0.15) is 0 Å². The van der Waals surface area contributed by atoms with Crippen molar-refractivity contribution in [2.45, 2.75) is 0 Å². The Kier molecular flexibility index (Phi) is 3.14. The zero-order valence-electron chi connectivity index (χ0n) is 9.28. The molecule has 0 aliphatic carbocycles. The van der Waals surface area contributed by atoms with Crippen LogP contribution in [0, 0.1) is 0 Å². The standard InChI is InChI=1S/C9H11N9/c10-8(11)14-9(12)13-6-3-1-5(2-4-6)7-15-17-18-16-7/h1-4H,(H,15,16,17,18)(H6,10,11,12,13,14). The van der Waals surface area contributed by atoms with Crippen molar-refractivity contribution in [3.8, 4) is 11.4 Å². The summed E-state index contributed by atoms with van der Waals surface area (Å²) in [6.07, 6.45) is 0. The highest BCUT2D eigenvalue weighted by Gasteiger charge is 2.01. The van der Waals surface area contributed by atoms with Gasteiger partial charge in [-0.25, -0.2) is 4.99 Å². The van der Waals surface area contributed by atoms with Crippen molar-refractivity contribution in [1.29, 1.82) is 0 Å². The number of nitrogens with zero attached hydrogens (tertiary/aromatic N) is 5. The van der Waals surface area contributed by atoms with Gasteiger partial charge in [0.05, 0.1) is 5.69 Å². The van der Waals surface area contributed by atoms with Crippen molar-refractivity contribution in [1.82, 2.24) is 20.6 Å². The van der Waals surface area contributed by atoms with Crippen molar-refractivity contribution >= 4 is 17.6 Å². The van der Waals surface area contributed by atoms with E-state index in [0.717, 1.165) is 5.56 Å². The Morgan fingerprint density at radius 3 is 2.39 bits per heavy atom. The Morgan fingerprint density at radius 2 is 1.83 bits per heavy atom. The first kappa shape index (κ1) is 11.5. The van der Waals surface area contributed by atoms with E-state index in [2.05, 4.69) is 30.6 Å². The van der Waals surface area contributed by atoms with E-state index in [0.29, 0.717) is 11.5 Å². The molecule has 0 aliphatic rings. The maximum absolute atomic E-state index is 5.50. The third-order valence-corrected chi connectivity index (χ3v) is 1.96. The van der Waals surface area contributed by atoms with Crippen LogP contribution in [0.15, 0.2) is 34.3 Å². The van der Waals surface area contributed by atoms with Gasteiger partial charge in [-0.1, -0.05) is 0 Å². The minimum atomic E-state index is -0.139. The molecule has 18 heavy (non-hydrogen) atoms. The van der Waals surface area contributed by atoms with Crippen LogP contribution in [0.3, 0.4) is 0 Å². The van der Waals surface area contributed by atoms with Crippen LogP contribution >= 0.6 is 0 Å². The van der Waals surface area contributed by atoms with E-state index >= 15 is 0 Å². The number of tetrazole rings is 1. The van der Waals surface area contributed by atoms with Gasteiger partial charge in [-0.05, 0) is 29.5 Å². The number of aromatic amines is 1. The molecule has 0 fully saturated rings. The summed E-state index contributed by atoms with van der Waals surface area (Å²) in [5, 5.41) is 13.6. The summed E-state index contributed by atoms with van der Waals surface area (Å²) in [6, 6.07) is 7.04. The average molecular weight is 245 g/mol. The normalized spacial score (nSPS) is 11.2. The van der Waals surface area contributed by atoms with Gasteiger partial charge >= 0.3 is 0 Å². The van der Waals surface area contributed by atoms with E-state index in [-0.39, 0.29) is 11.9 Å². The molecule has 0 radical (unpaired) electrons. The maximum Gasteiger partial charge on any atom is 0.223 e. The molecule has 0 aliphatic heterocycles. The summed E-state index contributed by atoms with van der Waals surface area (Å²) in [5.74, 6) is 0.352. The highest BCUT2D eigenvalue weighted by atomic mass is 15.5. The Hall–Kier alpha value is -2.97. The highest BCUT2D eigenvalue weighted by Crippen LogP contribution is 2.18. The minimum absolute atomic E-state index is 0.0117. The molecule has 1 aromatic heterocycles. The maximum atomic E-state index is 5.50.